The van der Waals surface area contributed by atoms with Crippen molar-refractivity contribution in [2.45, 2.75) is 33.2 Å². The molecule has 5 nitrogen and oxygen atoms in total. The summed E-state index contributed by atoms with van der Waals surface area (Å²) in [6, 6.07) is 7.63. The third-order valence-electron chi connectivity index (χ3n) is 2.77. The number of anilines is 1. The van der Waals surface area contributed by atoms with E-state index in [1.165, 1.54) is 18.3 Å². The maximum absolute atomic E-state index is 11.8. The monoisotopic (exact) mass is 317 g/mol. The molecule has 2 N–H and O–H groups in total. The van der Waals surface area contributed by atoms with Crippen LogP contribution in [0.5, 0.6) is 0 Å². The molecule has 0 aliphatic carbocycles. The normalized spacial score (nSPS) is 10.5. The zero-order chi connectivity index (χ0) is 16.1. The predicted molar refractivity (Wildman–Crippen MR) is 88.8 cm³/mol. The van der Waals surface area contributed by atoms with Gasteiger partial charge in [-0.3, -0.25) is 9.59 Å². The largest absolute Gasteiger partial charge is 0.354 e. The quantitative estimate of drug-likeness (QED) is 0.891. The summed E-state index contributed by atoms with van der Waals surface area (Å²) >= 11 is 1.49. The van der Waals surface area contributed by atoms with Gasteiger partial charge in [0.1, 0.15) is 5.01 Å². The lowest BCUT2D eigenvalue weighted by molar-refractivity contribution is -0.121. The van der Waals surface area contributed by atoms with E-state index in [2.05, 4.69) is 15.6 Å². The lowest BCUT2D eigenvalue weighted by Crippen LogP contribution is -2.31. The van der Waals surface area contributed by atoms with Gasteiger partial charge in [-0.2, -0.15) is 0 Å². The van der Waals surface area contributed by atoms with Gasteiger partial charge in [0.25, 0.3) is 0 Å². The highest BCUT2D eigenvalue weighted by molar-refractivity contribution is 7.13. The Hall–Kier alpha value is -2.21. The van der Waals surface area contributed by atoms with Gasteiger partial charge in [0.2, 0.25) is 11.8 Å². The van der Waals surface area contributed by atoms with E-state index < -0.39 is 0 Å². The van der Waals surface area contributed by atoms with Crippen LogP contribution in [0.4, 0.5) is 5.69 Å². The maximum Gasteiger partial charge on any atom is 0.226 e. The van der Waals surface area contributed by atoms with Crippen LogP contribution in [0.1, 0.15) is 26.5 Å². The Morgan fingerprint density at radius 3 is 2.77 bits per heavy atom. The Bertz CT molecular complexity index is 680. The van der Waals surface area contributed by atoms with Crippen LogP contribution in [0.3, 0.4) is 0 Å². The van der Waals surface area contributed by atoms with Crippen LogP contribution in [0.25, 0.3) is 10.6 Å². The molecule has 0 bridgehead atoms. The van der Waals surface area contributed by atoms with Crippen LogP contribution in [0.15, 0.2) is 29.6 Å². The van der Waals surface area contributed by atoms with Crippen molar-refractivity contribution < 1.29 is 9.59 Å². The topological polar surface area (TPSA) is 71.1 Å². The zero-order valence-corrected chi connectivity index (χ0v) is 13.7. The summed E-state index contributed by atoms with van der Waals surface area (Å²) in [5.41, 5.74) is 2.41. The lowest BCUT2D eigenvalue weighted by atomic mass is 10.2. The molecule has 2 amide bonds. The van der Waals surface area contributed by atoms with Gasteiger partial charge in [0.05, 0.1) is 12.1 Å². The Morgan fingerprint density at radius 1 is 1.32 bits per heavy atom. The van der Waals surface area contributed by atoms with Gasteiger partial charge in [-0.25, -0.2) is 4.98 Å². The van der Waals surface area contributed by atoms with E-state index in [4.69, 9.17) is 0 Å². The zero-order valence-electron chi connectivity index (χ0n) is 12.8. The SMILES string of the molecule is CC(=O)Nc1cccc(-c2nc(CC(=O)NC(C)C)cs2)c1. The summed E-state index contributed by atoms with van der Waals surface area (Å²) in [6.07, 6.45) is 0.278. The van der Waals surface area contributed by atoms with Crippen LogP contribution in [0, 0.1) is 0 Å². The van der Waals surface area contributed by atoms with Crippen molar-refractivity contribution in [3.8, 4) is 10.6 Å². The van der Waals surface area contributed by atoms with E-state index in [0.29, 0.717) is 0 Å². The molecule has 0 unspecified atom stereocenters. The van der Waals surface area contributed by atoms with Crippen LogP contribution < -0.4 is 10.6 Å². The molecule has 6 heteroatoms. The summed E-state index contributed by atoms with van der Waals surface area (Å²) < 4.78 is 0. The standard InChI is InChI=1S/C16H19N3O2S/c1-10(2)17-15(21)8-14-9-22-16(19-14)12-5-4-6-13(7-12)18-11(3)20/h4-7,9-10H,8H2,1-3H3,(H,17,21)(H,18,20). The van der Waals surface area contributed by atoms with Gasteiger partial charge >= 0.3 is 0 Å². The third-order valence-corrected chi connectivity index (χ3v) is 3.71. The number of benzene rings is 1. The molecular formula is C16H19N3O2S. The second-order valence-corrected chi connectivity index (χ2v) is 6.16. The van der Waals surface area contributed by atoms with Gasteiger partial charge in [-0.05, 0) is 26.0 Å². The van der Waals surface area contributed by atoms with E-state index in [-0.39, 0.29) is 24.3 Å². The summed E-state index contributed by atoms with van der Waals surface area (Å²) in [4.78, 5) is 27.3. The Balaban J connectivity index is 2.11. The van der Waals surface area contributed by atoms with Gasteiger partial charge in [-0.15, -0.1) is 11.3 Å². The molecule has 2 aromatic rings. The molecule has 0 saturated carbocycles. The first kappa shape index (κ1) is 16.2. The van der Waals surface area contributed by atoms with E-state index in [0.717, 1.165) is 22.0 Å². The second kappa shape index (κ2) is 7.17. The van der Waals surface area contributed by atoms with Gasteiger partial charge in [-0.1, -0.05) is 12.1 Å². The van der Waals surface area contributed by atoms with E-state index in [1.54, 1.807) is 0 Å². The Labute approximate surface area is 133 Å². The van der Waals surface area contributed by atoms with Crippen molar-refractivity contribution in [3.05, 3.63) is 35.3 Å². The molecule has 0 radical (unpaired) electrons. The fourth-order valence-electron chi connectivity index (χ4n) is 1.99. The van der Waals surface area contributed by atoms with Crippen LogP contribution >= 0.6 is 11.3 Å². The molecule has 0 aliphatic rings. The number of thiazole rings is 1. The van der Waals surface area contributed by atoms with Gasteiger partial charge in [0, 0.05) is 29.6 Å². The highest BCUT2D eigenvalue weighted by Gasteiger charge is 2.10. The fourth-order valence-corrected chi connectivity index (χ4v) is 2.81. The van der Waals surface area contributed by atoms with E-state index >= 15 is 0 Å². The number of rotatable bonds is 5. The van der Waals surface area contributed by atoms with Crippen molar-refractivity contribution in [1.82, 2.24) is 10.3 Å². The number of amides is 2. The van der Waals surface area contributed by atoms with Crippen LogP contribution in [-0.4, -0.2) is 22.8 Å². The average molecular weight is 317 g/mol. The average Bonchev–Trinajstić information content (AvgIpc) is 2.85. The molecule has 1 heterocycles. The van der Waals surface area contributed by atoms with Crippen LogP contribution in [0.2, 0.25) is 0 Å². The number of nitrogens with zero attached hydrogens (tertiary/aromatic N) is 1. The smallest absolute Gasteiger partial charge is 0.226 e. The predicted octanol–water partition coefficient (Wildman–Crippen LogP) is 2.84. The molecule has 22 heavy (non-hydrogen) atoms. The summed E-state index contributed by atoms with van der Waals surface area (Å²) in [7, 11) is 0. The molecule has 0 saturated heterocycles. The number of aromatic nitrogens is 1. The molecule has 0 atom stereocenters. The highest BCUT2D eigenvalue weighted by Crippen LogP contribution is 2.26. The lowest BCUT2D eigenvalue weighted by Gasteiger charge is -2.06. The molecule has 2 rings (SSSR count). The van der Waals surface area contributed by atoms with Crippen LogP contribution in [-0.2, 0) is 16.0 Å². The first-order valence-corrected chi connectivity index (χ1v) is 7.94. The molecule has 116 valence electrons. The molecule has 0 spiro atoms. The summed E-state index contributed by atoms with van der Waals surface area (Å²) in [5.74, 6) is -0.138. The Morgan fingerprint density at radius 2 is 2.09 bits per heavy atom. The maximum atomic E-state index is 11.8. The number of carbonyl (C=O) groups is 2. The molecule has 1 aromatic carbocycles. The van der Waals surface area contributed by atoms with Crippen molar-refractivity contribution >= 4 is 28.8 Å². The molecule has 0 aliphatic heterocycles. The summed E-state index contributed by atoms with van der Waals surface area (Å²) in [5, 5.41) is 8.32. The van der Waals surface area contributed by atoms with E-state index in [9.17, 15) is 9.59 Å². The summed E-state index contributed by atoms with van der Waals surface area (Å²) in [6.45, 7) is 5.33. The second-order valence-electron chi connectivity index (χ2n) is 5.30. The minimum absolute atomic E-state index is 0.0288. The van der Waals surface area contributed by atoms with Crippen molar-refractivity contribution in [3.63, 3.8) is 0 Å². The minimum Gasteiger partial charge on any atom is -0.354 e. The number of hydrogen-bond donors (Lipinski definition) is 2. The Kier molecular flexibility index (Phi) is 5.27. The number of carbonyl (C=O) groups excluding carboxylic acids is 2. The minimum atomic E-state index is -0.109. The molecule has 1 aromatic heterocycles. The van der Waals surface area contributed by atoms with Crippen molar-refractivity contribution in [1.29, 1.82) is 0 Å². The first-order chi connectivity index (χ1) is 10.4. The highest BCUT2D eigenvalue weighted by atomic mass is 32.1. The first-order valence-electron chi connectivity index (χ1n) is 7.06. The van der Waals surface area contributed by atoms with Crippen molar-refractivity contribution in [2.75, 3.05) is 5.32 Å². The molecule has 0 fully saturated rings. The van der Waals surface area contributed by atoms with Gasteiger partial charge < -0.3 is 10.6 Å². The number of nitrogens with one attached hydrogen (secondary N) is 2. The van der Waals surface area contributed by atoms with Crippen molar-refractivity contribution in [2.24, 2.45) is 0 Å². The fraction of sp³-hybridized carbons (Fsp3) is 0.312. The van der Waals surface area contributed by atoms with E-state index in [1.807, 2.05) is 43.5 Å². The number of hydrogen-bond acceptors (Lipinski definition) is 4. The third kappa shape index (κ3) is 4.66. The molecular weight excluding hydrogens is 298 g/mol. The van der Waals surface area contributed by atoms with Gasteiger partial charge in [0.15, 0.2) is 0 Å².